The van der Waals surface area contributed by atoms with Gasteiger partial charge < -0.3 is 14.7 Å². The van der Waals surface area contributed by atoms with Crippen molar-refractivity contribution in [2.75, 3.05) is 19.8 Å². The van der Waals surface area contributed by atoms with Crippen LogP contribution in [0.5, 0.6) is 0 Å². The molecule has 0 bridgehead atoms. The Labute approximate surface area is 103 Å². The fourth-order valence-electron chi connectivity index (χ4n) is 1.17. The van der Waals surface area contributed by atoms with E-state index in [0.29, 0.717) is 0 Å². The van der Waals surface area contributed by atoms with Gasteiger partial charge in [-0.15, -0.1) is 0 Å². The summed E-state index contributed by atoms with van der Waals surface area (Å²) in [7, 11) is 0. The number of carbonyl (C=O) groups excluding carboxylic acids is 1. The van der Waals surface area contributed by atoms with E-state index in [2.05, 4.69) is 4.74 Å². The minimum atomic E-state index is -4.51. The van der Waals surface area contributed by atoms with E-state index in [1.807, 2.05) is 0 Å². The van der Waals surface area contributed by atoms with Crippen LogP contribution in [0, 0.1) is 0 Å². The fourth-order valence-corrected chi connectivity index (χ4v) is 1.17. The van der Waals surface area contributed by atoms with Gasteiger partial charge in [-0.05, 0) is 20.8 Å². The average Bonchev–Trinajstić information content (AvgIpc) is 2.09. The molecule has 0 rings (SSSR count). The first kappa shape index (κ1) is 16.7. The molecule has 0 heterocycles. The van der Waals surface area contributed by atoms with Crippen LogP contribution < -0.4 is 0 Å². The zero-order valence-electron chi connectivity index (χ0n) is 10.4. The van der Waals surface area contributed by atoms with Crippen LogP contribution >= 0.6 is 0 Å². The molecule has 0 unspecified atom stereocenters. The van der Waals surface area contributed by atoms with Gasteiger partial charge in [0.15, 0.2) is 0 Å². The lowest BCUT2D eigenvalue weighted by Gasteiger charge is -2.34. The van der Waals surface area contributed by atoms with Crippen LogP contribution in [0.25, 0.3) is 0 Å². The van der Waals surface area contributed by atoms with E-state index in [1.165, 1.54) is 0 Å². The summed E-state index contributed by atoms with van der Waals surface area (Å²) in [4.78, 5) is 23.1. The number of amides is 1. The van der Waals surface area contributed by atoms with Crippen LogP contribution in [0.2, 0.25) is 0 Å². The molecular weight excluding hydrogens is 255 g/mol. The number of halogens is 3. The Hall–Kier alpha value is -1.31. The third kappa shape index (κ3) is 7.10. The number of nitrogens with zero attached hydrogens (tertiary/aromatic N) is 1. The number of hydrogen-bond donors (Lipinski definition) is 1. The van der Waals surface area contributed by atoms with Gasteiger partial charge >= 0.3 is 12.1 Å². The number of carboxylic acids is 1. The summed E-state index contributed by atoms with van der Waals surface area (Å²) in [6.45, 7) is 1.82. The Morgan fingerprint density at radius 3 is 2.06 bits per heavy atom. The van der Waals surface area contributed by atoms with Crippen LogP contribution in [0.4, 0.5) is 13.2 Å². The number of carboxylic acid groups (broad SMARTS) is 1. The summed E-state index contributed by atoms with van der Waals surface area (Å²) < 4.78 is 39.6. The van der Waals surface area contributed by atoms with Gasteiger partial charge in [0.1, 0.15) is 19.8 Å². The van der Waals surface area contributed by atoms with Gasteiger partial charge in [0, 0.05) is 5.54 Å². The van der Waals surface area contributed by atoms with Crippen molar-refractivity contribution in [1.29, 1.82) is 0 Å². The number of ether oxygens (including phenoxy) is 1. The molecule has 106 valence electrons. The Bertz CT molecular complexity index is 309. The van der Waals surface area contributed by atoms with Crippen molar-refractivity contribution < 1.29 is 32.6 Å². The molecule has 18 heavy (non-hydrogen) atoms. The monoisotopic (exact) mass is 271 g/mol. The molecule has 0 aliphatic rings. The summed E-state index contributed by atoms with van der Waals surface area (Å²) in [5.74, 6) is -2.04. The first-order chi connectivity index (χ1) is 7.93. The maximum Gasteiger partial charge on any atom is 0.411 e. The second-order valence-electron chi connectivity index (χ2n) is 4.65. The molecule has 1 amide bonds. The van der Waals surface area contributed by atoms with Crippen molar-refractivity contribution in [2.24, 2.45) is 0 Å². The van der Waals surface area contributed by atoms with Crippen molar-refractivity contribution in [2.45, 2.75) is 32.5 Å². The molecule has 0 aromatic carbocycles. The molecule has 0 aliphatic carbocycles. The Morgan fingerprint density at radius 1 is 1.22 bits per heavy atom. The van der Waals surface area contributed by atoms with Gasteiger partial charge in [0.2, 0.25) is 5.91 Å². The van der Waals surface area contributed by atoms with E-state index >= 15 is 0 Å². The molecular formula is C10H16F3NO4. The molecule has 5 nitrogen and oxygen atoms in total. The van der Waals surface area contributed by atoms with Crippen molar-refractivity contribution in [3.05, 3.63) is 0 Å². The zero-order valence-corrected chi connectivity index (χ0v) is 10.4. The second-order valence-corrected chi connectivity index (χ2v) is 4.65. The topological polar surface area (TPSA) is 66.8 Å². The van der Waals surface area contributed by atoms with Crippen molar-refractivity contribution in [3.8, 4) is 0 Å². The lowest BCUT2D eigenvalue weighted by molar-refractivity contribution is -0.179. The number of rotatable bonds is 5. The van der Waals surface area contributed by atoms with Crippen molar-refractivity contribution in [3.63, 3.8) is 0 Å². The first-order valence-corrected chi connectivity index (χ1v) is 5.10. The maximum absolute atomic E-state index is 11.8. The maximum atomic E-state index is 11.8. The molecule has 0 spiro atoms. The van der Waals surface area contributed by atoms with Crippen LogP contribution in [0.15, 0.2) is 0 Å². The summed E-state index contributed by atoms with van der Waals surface area (Å²) in [5, 5.41) is 8.64. The molecule has 0 radical (unpaired) electrons. The lowest BCUT2D eigenvalue weighted by Crippen LogP contribution is -2.49. The normalized spacial score (nSPS) is 12.3. The predicted molar refractivity (Wildman–Crippen MR) is 56.0 cm³/mol. The minimum absolute atomic E-state index is 0.586. The molecule has 0 aromatic heterocycles. The number of hydrogen-bond acceptors (Lipinski definition) is 3. The third-order valence-corrected chi connectivity index (χ3v) is 1.90. The van der Waals surface area contributed by atoms with E-state index in [9.17, 15) is 22.8 Å². The fraction of sp³-hybridized carbons (Fsp3) is 0.800. The van der Waals surface area contributed by atoms with E-state index in [-0.39, 0.29) is 0 Å². The largest absolute Gasteiger partial charge is 0.480 e. The first-order valence-electron chi connectivity index (χ1n) is 5.10. The molecule has 0 aliphatic heterocycles. The highest BCUT2D eigenvalue weighted by molar-refractivity contribution is 5.82. The highest BCUT2D eigenvalue weighted by atomic mass is 19.4. The predicted octanol–water partition coefficient (Wildman–Crippen LogP) is 1.28. The Morgan fingerprint density at radius 2 is 1.72 bits per heavy atom. The minimum Gasteiger partial charge on any atom is -0.480 e. The van der Waals surface area contributed by atoms with Gasteiger partial charge in [0.05, 0.1) is 0 Å². The molecule has 0 saturated heterocycles. The van der Waals surface area contributed by atoms with Crippen molar-refractivity contribution >= 4 is 11.9 Å². The average molecular weight is 271 g/mol. The van der Waals surface area contributed by atoms with E-state index in [1.54, 1.807) is 20.8 Å². The second kappa shape index (κ2) is 6.03. The van der Waals surface area contributed by atoms with Crippen LogP contribution in [-0.4, -0.2) is 53.4 Å². The summed E-state index contributed by atoms with van der Waals surface area (Å²) in [6, 6.07) is 0. The van der Waals surface area contributed by atoms with E-state index < -0.39 is 43.4 Å². The highest BCUT2D eigenvalue weighted by Crippen LogP contribution is 2.16. The third-order valence-electron chi connectivity index (χ3n) is 1.90. The number of aliphatic carboxylic acids is 1. The van der Waals surface area contributed by atoms with E-state index in [0.717, 1.165) is 4.90 Å². The Kier molecular flexibility index (Phi) is 5.59. The van der Waals surface area contributed by atoms with E-state index in [4.69, 9.17) is 5.11 Å². The van der Waals surface area contributed by atoms with Gasteiger partial charge in [0.25, 0.3) is 0 Å². The summed E-state index contributed by atoms with van der Waals surface area (Å²) in [5.41, 5.74) is -0.808. The Balaban J connectivity index is 4.45. The molecule has 0 aromatic rings. The van der Waals surface area contributed by atoms with Gasteiger partial charge in [-0.25, -0.2) is 0 Å². The van der Waals surface area contributed by atoms with Gasteiger partial charge in [-0.3, -0.25) is 9.59 Å². The smallest absolute Gasteiger partial charge is 0.411 e. The summed E-state index contributed by atoms with van der Waals surface area (Å²) >= 11 is 0. The molecule has 8 heteroatoms. The van der Waals surface area contributed by atoms with Crippen LogP contribution in [0.1, 0.15) is 20.8 Å². The molecule has 0 atom stereocenters. The van der Waals surface area contributed by atoms with Gasteiger partial charge in [-0.2, -0.15) is 13.2 Å². The number of alkyl halides is 3. The quantitative estimate of drug-likeness (QED) is 0.818. The lowest BCUT2D eigenvalue weighted by atomic mass is 10.1. The number of carbonyl (C=O) groups is 2. The molecule has 1 N–H and O–H groups in total. The van der Waals surface area contributed by atoms with Gasteiger partial charge in [-0.1, -0.05) is 0 Å². The molecule has 0 fully saturated rings. The van der Waals surface area contributed by atoms with Crippen molar-refractivity contribution in [1.82, 2.24) is 4.90 Å². The van der Waals surface area contributed by atoms with Crippen LogP contribution in [0.3, 0.4) is 0 Å². The van der Waals surface area contributed by atoms with Crippen LogP contribution in [-0.2, 0) is 14.3 Å². The highest BCUT2D eigenvalue weighted by Gasteiger charge is 2.31. The molecule has 0 saturated carbocycles. The zero-order chi connectivity index (χ0) is 14.6. The summed E-state index contributed by atoms with van der Waals surface area (Å²) in [6.07, 6.45) is -4.51. The SMILES string of the molecule is CC(C)(C)N(CC(=O)O)C(=O)COCC(F)(F)F. The standard InChI is InChI=1S/C10H16F3NO4/c1-9(2,3)14(4-8(16)17)7(15)5-18-6-10(11,12)13/h4-6H2,1-3H3,(H,16,17).